The van der Waals surface area contributed by atoms with Crippen molar-refractivity contribution < 1.29 is 25.6 Å². The molecule has 0 fully saturated rings. The summed E-state index contributed by atoms with van der Waals surface area (Å²) in [4.78, 5) is -0.157. The van der Waals surface area contributed by atoms with Crippen LogP contribution in [0.25, 0.3) is 0 Å². The van der Waals surface area contributed by atoms with Crippen LogP contribution in [0.2, 0.25) is 0 Å². The molecular formula is C18H20NO6S2+. The Morgan fingerprint density at radius 1 is 1.00 bits per heavy atom. The Morgan fingerprint density at radius 3 is 2.26 bits per heavy atom. The van der Waals surface area contributed by atoms with Gasteiger partial charge >= 0.3 is 0 Å². The molecule has 0 unspecified atom stereocenters. The predicted octanol–water partition coefficient (Wildman–Crippen LogP) is 2.86. The second-order valence-corrected chi connectivity index (χ2v) is 9.95. The molecule has 1 aliphatic rings. The van der Waals surface area contributed by atoms with Crippen molar-refractivity contribution in [3.8, 4) is 0 Å². The van der Waals surface area contributed by atoms with Crippen LogP contribution >= 0.6 is 0 Å². The van der Waals surface area contributed by atoms with Crippen molar-refractivity contribution in [2.24, 2.45) is 0 Å². The van der Waals surface area contributed by atoms with Crippen LogP contribution in [0.3, 0.4) is 0 Å². The lowest BCUT2D eigenvalue weighted by atomic mass is 9.82. The van der Waals surface area contributed by atoms with E-state index >= 15 is 0 Å². The number of benzene rings is 2. The summed E-state index contributed by atoms with van der Waals surface area (Å²) in [5, 5.41) is 0. The molecule has 144 valence electrons. The Morgan fingerprint density at radius 2 is 1.67 bits per heavy atom. The van der Waals surface area contributed by atoms with E-state index in [4.69, 9.17) is 0 Å². The second-order valence-electron chi connectivity index (χ2n) is 6.82. The molecule has 0 aromatic heterocycles. The fourth-order valence-corrected chi connectivity index (χ4v) is 4.44. The highest BCUT2D eigenvalue weighted by molar-refractivity contribution is 7.86. The molecule has 0 saturated carbocycles. The maximum atomic E-state index is 12.1. The molecule has 2 aromatic carbocycles. The molecule has 27 heavy (non-hydrogen) atoms. The molecule has 2 aromatic rings. The van der Waals surface area contributed by atoms with E-state index in [1.807, 2.05) is 25.3 Å². The molecule has 0 spiro atoms. The lowest BCUT2D eigenvalue weighted by molar-refractivity contribution is 0.397. The zero-order valence-electron chi connectivity index (χ0n) is 15.3. The van der Waals surface area contributed by atoms with Crippen LogP contribution in [0.4, 0.5) is 11.4 Å². The molecule has 1 heterocycles. The first-order chi connectivity index (χ1) is 12.4. The first kappa shape index (κ1) is 19.7. The first-order valence-electron chi connectivity index (χ1n) is 8.06. The van der Waals surface area contributed by atoms with Crippen LogP contribution in [-0.4, -0.2) is 34.2 Å². The molecule has 0 radical (unpaired) electrons. The smallest absolute Gasteiger partial charge is 0.282 e. The Kier molecular flexibility index (Phi) is 4.54. The molecule has 3 rings (SSSR count). The lowest BCUT2D eigenvalue weighted by Gasteiger charge is -2.15. The molecule has 1 aliphatic heterocycles. The van der Waals surface area contributed by atoms with E-state index in [1.165, 1.54) is 18.2 Å². The van der Waals surface area contributed by atoms with Crippen LogP contribution in [0.5, 0.6) is 0 Å². The number of fused-ring (bicyclic) bond motifs is 1. The summed E-state index contributed by atoms with van der Waals surface area (Å²) < 4.78 is 62.9. The van der Waals surface area contributed by atoms with Gasteiger partial charge in [0, 0.05) is 30.7 Å². The highest BCUT2D eigenvalue weighted by Crippen LogP contribution is 2.42. The Labute approximate surface area is 158 Å². The Bertz CT molecular complexity index is 1180. The molecular weight excluding hydrogens is 390 g/mol. The van der Waals surface area contributed by atoms with Crippen molar-refractivity contribution in [2.75, 3.05) is 7.11 Å². The van der Waals surface area contributed by atoms with Crippen LogP contribution in [0.15, 0.2) is 52.3 Å². The highest BCUT2D eigenvalue weighted by atomic mass is 32.2. The van der Waals surface area contributed by atoms with E-state index in [0.29, 0.717) is 5.69 Å². The third-order valence-corrected chi connectivity index (χ3v) is 7.12. The number of rotatable bonds is 4. The highest BCUT2D eigenvalue weighted by Gasteiger charge is 2.44. The fraction of sp³-hybridized carbons (Fsp3) is 0.278. The Hall–Kier alpha value is -2.07. The van der Waals surface area contributed by atoms with Gasteiger partial charge in [0.15, 0.2) is 5.71 Å². The summed E-state index contributed by atoms with van der Waals surface area (Å²) in [5.41, 5.74) is 2.45. The third-order valence-electron chi connectivity index (χ3n) is 5.00. The summed E-state index contributed by atoms with van der Waals surface area (Å²) in [6.45, 7) is 5.80. The third kappa shape index (κ3) is 3.20. The van der Waals surface area contributed by atoms with E-state index in [2.05, 4.69) is 4.18 Å². The normalized spacial score (nSPS) is 16.5. The summed E-state index contributed by atoms with van der Waals surface area (Å²) in [6, 6.07) is 10.6. The molecule has 0 saturated heterocycles. The van der Waals surface area contributed by atoms with Crippen molar-refractivity contribution >= 4 is 37.3 Å². The van der Waals surface area contributed by atoms with Crippen molar-refractivity contribution in [1.82, 2.24) is 4.58 Å². The average Bonchev–Trinajstić information content (AvgIpc) is 2.80. The van der Waals surface area contributed by atoms with Gasteiger partial charge in [-0.2, -0.15) is 21.4 Å². The number of hydrogen-bond acceptors (Lipinski definition) is 5. The van der Waals surface area contributed by atoms with E-state index in [9.17, 15) is 21.4 Å². The minimum atomic E-state index is -4.34. The van der Waals surface area contributed by atoms with Gasteiger partial charge in [-0.25, -0.2) is 0 Å². The van der Waals surface area contributed by atoms with Gasteiger partial charge in [-0.3, -0.25) is 8.74 Å². The second kappa shape index (κ2) is 6.23. The summed E-state index contributed by atoms with van der Waals surface area (Å²) in [5.74, 6) is 0. The topological polar surface area (TPSA) is 101 Å². The minimum Gasteiger partial charge on any atom is -0.282 e. The van der Waals surface area contributed by atoms with Crippen molar-refractivity contribution in [1.29, 1.82) is 0 Å². The largest absolute Gasteiger partial charge is 0.296 e. The maximum Gasteiger partial charge on any atom is 0.296 e. The van der Waals surface area contributed by atoms with Gasteiger partial charge in [0.2, 0.25) is 11.4 Å². The SMILES string of the molecule is COS(=O)(=O)c1ccc2c(c1)C(C)(C)C(C)=[N+]2c1cccc(S(=O)(=O)O)c1. The molecule has 0 amide bonds. The monoisotopic (exact) mass is 410 g/mol. The molecule has 0 aliphatic carbocycles. The van der Waals surface area contributed by atoms with Gasteiger partial charge in [0.25, 0.3) is 20.2 Å². The van der Waals surface area contributed by atoms with Crippen LogP contribution in [-0.2, 0) is 29.8 Å². The molecule has 9 heteroatoms. The van der Waals surface area contributed by atoms with Gasteiger partial charge in [0.1, 0.15) is 4.90 Å². The van der Waals surface area contributed by atoms with E-state index in [1.54, 1.807) is 24.3 Å². The number of nitrogens with zero attached hydrogens (tertiary/aromatic N) is 1. The van der Waals surface area contributed by atoms with Crippen molar-refractivity contribution in [3.05, 3.63) is 48.0 Å². The van der Waals surface area contributed by atoms with E-state index < -0.39 is 25.7 Å². The number of hydrogen-bond donors (Lipinski definition) is 1. The van der Waals surface area contributed by atoms with Gasteiger partial charge in [-0.1, -0.05) is 6.07 Å². The zero-order chi connectivity index (χ0) is 20.2. The van der Waals surface area contributed by atoms with Gasteiger partial charge < -0.3 is 0 Å². The molecule has 1 N–H and O–H groups in total. The van der Waals surface area contributed by atoms with Crippen LogP contribution < -0.4 is 4.58 Å². The molecule has 0 atom stereocenters. The fourth-order valence-electron chi connectivity index (χ4n) is 3.23. The van der Waals surface area contributed by atoms with Crippen LogP contribution in [0, 0.1) is 0 Å². The van der Waals surface area contributed by atoms with Gasteiger partial charge in [0.05, 0.1) is 17.4 Å². The molecule has 0 bridgehead atoms. The predicted molar refractivity (Wildman–Crippen MR) is 102 cm³/mol. The van der Waals surface area contributed by atoms with Gasteiger partial charge in [-0.05, 0) is 32.0 Å². The maximum absolute atomic E-state index is 12.1. The summed E-state index contributed by atoms with van der Waals surface area (Å²) in [6.07, 6.45) is 0. The summed E-state index contributed by atoms with van der Waals surface area (Å²) >= 11 is 0. The average molecular weight is 410 g/mol. The Balaban J connectivity index is 2.25. The van der Waals surface area contributed by atoms with Crippen LogP contribution in [0.1, 0.15) is 26.3 Å². The quantitative estimate of drug-likeness (QED) is 0.473. The van der Waals surface area contributed by atoms with E-state index in [0.717, 1.165) is 24.1 Å². The minimum absolute atomic E-state index is 0.0539. The molecule has 7 nitrogen and oxygen atoms in total. The van der Waals surface area contributed by atoms with Crippen molar-refractivity contribution in [3.63, 3.8) is 0 Å². The first-order valence-corrected chi connectivity index (χ1v) is 10.9. The van der Waals surface area contributed by atoms with E-state index in [-0.39, 0.29) is 9.79 Å². The zero-order valence-corrected chi connectivity index (χ0v) is 16.9. The standard InChI is InChI=1S/C18H19NO6S2/c1-12-18(2,3)16-11-15(27(23,24)25-4)8-9-17(16)19(12)13-6-5-7-14(10-13)26(20,21)22/h5-11H,1-4H3/p+1. The summed E-state index contributed by atoms with van der Waals surface area (Å²) in [7, 11) is -7.07. The lowest BCUT2D eigenvalue weighted by Crippen LogP contribution is -2.26. The van der Waals surface area contributed by atoms with Gasteiger partial charge in [-0.15, -0.1) is 0 Å². The van der Waals surface area contributed by atoms with Crippen molar-refractivity contribution in [2.45, 2.75) is 36.0 Å².